The van der Waals surface area contributed by atoms with Crippen LogP contribution in [-0.4, -0.2) is 79.6 Å². The molecule has 0 aliphatic carbocycles. The van der Waals surface area contributed by atoms with Gasteiger partial charge in [0.15, 0.2) is 0 Å². The molecule has 7 nitrogen and oxygen atoms in total. The van der Waals surface area contributed by atoms with E-state index in [2.05, 4.69) is 10.6 Å². The Morgan fingerprint density at radius 1 is 1.31 bits per heavy atom. The fourth-order valence-corrected chi connectivity index (χ4v) is 3.25. The molecule has 0 bridgehead atoms. The summed E-state index contributed by atoms with van der Waals surface area (Å²) in [5.74, 6) is -0.512. The molecule has 1 aromatic carbocycles. The highest BCUT2D eigenvalue weighted by Crippen LogP contribution is 2.13. The summed E-state index contributed by atoms with van der Waals surface area (Å²) in [5, 5.41) is 5.91. The Morgan fingerprint density at radius 3 is 2.73 bits per heavy atom. The van der Waals surface area contributed by atoms with E-state index in [9.17, 15) is 14.0 Å². The van der Waals surface area contributed by atoms with Crippen molar-refractivity contribution in [3.8, 4) is 0 Å². The maximum Gasteiger partial charge on any atom is 0.242 e. The number of carbonyl (C=O) groups is 2. The van der Waals surface area contributed by atoms with Crippen molar-refractivity contribution in [3.05, 3.63) is 30.1 Å². The van der Waals surface area contributed by atoms with Crippen molar-refractivity contribution in [2.24, 2.45) is 0 Å². The molecule has 0 aromatic heterocycles. The number of hydrogen-bond donors (Lipinski definition) is 2. The molecule has 0 spiro atoms. The third-order valence-corrected chi connectivity index (χ3v) is 4.87. The molecule has 1 aromatic rings. The molecule has 3 rings (SSSR count). The zero-order chi connectivity index (χ0) is 18.5. The second kappa shape index (κ2) is 8.57. The van der Waals surface area contributed by atoms with Gasteiger partial charge in [-0.2, -0.15) is 0 Å². The highest BCUT2D eigenvalue weighted by Gasteiger charge is 2.31. The number of benzene rings is 1. The largest absolute Gasteiger partial charge is 0.378 e. The van der Waals surface area contributed by atoms with Crippen LogP contribution >= 0.6 is 0 Å². The average molecular weight is 364 g/mol. The van der Waals surface area contributed by atoms with E-state index in [0.29, 0.717) is 51.6 Å². The second-order valence-corrected chi connectivity index (χ2v) is 6.62. The van der Waals surface area contributed by atoms with Crippen LogP contribution in [0.15, 0.2) is 24.3 Å². The molecule has 2 fully saturated rings. The predicted molar refractivity (Wildman–Crippen MR) is 95.3 cm³/mol. The average Bonchev–Trinajstić information content (AvgIpc) is 2.67. The number of nitrogens with one attached hydrogen (secondary N) is 2. The van der Waals surface area contributed by atoms with Gasteiger partial charge in [-0.1, -0.05) is 6.07 Å². The van der Waals surface area contributed by atoms with Crippen LogP contribution in [0.1, 0.15) is 6.92 Å². The van der Waals surface area contributed by atoms with Crippen molar-refractivity contribution in [3.63, 3.8) is 0 Å². The molecule has 8 heteroatoms. The smallest absolute Gasteiger partial charge is 0.242 e. The standard InChI is InChI=1S/C18H25FN4O3/c1-13(17(24)21-15-4-2-3-14(19)11-15)22-6-8-23(9-7-22)18(25)16-12-26-10-5-20-16/h2-4,11,13,16,20H,5-10,12H2,1H3,(H,21,24). The maximum absolute atomic E-state index is 13.2. The van der Waals surface area contributed by atoms with Crippen molar-refractivity contribution in [1.29, 1.82) is 0 Å². The highest BCUT2D eigenvalue weighted by atomic mass is 19.1. The van der Waals surface area contributed by atoms with Crippen LogP contribution in [0.2, 0.25) is 0 Å². The molecule has 142 valence electrons. The molecule has 2 atom stereocenters. The van der Waals surface area contributed by atoms with Gasteiger partial charge in [0.2, 0.25) is 11.8 Å². The Balaban J connectivity index is 1.49. The van der Waals surface area contributed by atoms with E-state index in [1.165, 1.54) is 12.1 Å². The Labute approximate surface area is 152 Å². The minimum Gasteiger partial charge on any atom is -0.378 e. The van der Waals surface area contributed by atoms with Gasteiger partial charge in [-0.3, -0.25) is 14.5 Å². The number of halogens is 1. The first-order valence-corrected chi connectivity index (χ1v) is 8.95. The lowest BCUT2D eigenvalue weighted by atomic mass is 10.1. The summed E-state index contributed by atoms with van der Waals surface area (Å²) in [5.41, 5.74) is 0.444. The number of hydrogen-bond acceptors (Lipinski definition) is 5. The van der Waals surface area contributed by atoms with Gasteiger partial charge < -0.3 is 20.3 Å². The van der Waals surface area contributed by atoms with Crippen LogP contribution < -0.4 is 10.6 Å². The van der Waals surface area contributed by atoms with Crippen molar-refractivity contribution < 1.29 is 18.7 Å². The van der Waals surface area contributed by atoms with Crippen LogP contribution in [0.25, 0.3) is 0 Å². The van der Waals surface area contributed by atoms with Crippen LogP contribution in [-0.2, 0) is 14.3 Å². The maximum atomic E-state index is 13.2. The summed E-state index contributed by atoms with van der Waals surface area (Å²) in [6.07, 6.45) is 0. The van der Waals surface area contributed by atoms with Gasteiger partial charge >= 0.3 is 0 Å². The third kappa shape index (κ3) is 4.57. The number of anilines is 1. The Hall–Kier alpha value is -2.03. The van der Waals surface area contributed by atoms with Gasteiger partial charge in [-0.25, -0.2) is 4.39 Å². The topological polar surface area (TPSA) is 73.9 Å². The summed E-state index contributed by atoms with van der Waals surface area (Å²) < 4.78 is 18.6. The summed E-state index contributed by atoms with van der Waals surface area (Å²) in [7, 11) is 0. The Morgan fingerprint density at radius 2 is 2.08 bits per heavy atom. The van der Waals surface area contributed by atoms with Gasteiger partial charge in [-0.15, -0.1) is 0 Å². The van der Waals surface area contributed by atoms with E-state index in [1.54, 1.807) is 12.1 Å². The molecule has 26 heavy (non-hydrogen) atoms. The lowest BCUT2D eigenvalue weighted by Crippen LogP contribution is -2.59. The zero-order valence-corrected chi connectivity index (χ0v) is 14.9. The molecule has 0 saturated carbocycles. The van der Waals surface area contributed by atoms with Crippen LogP contribution in [0.3, 0.4) is 0 Å². The summed E-state index contributed by atoms with van der Waals surface area (Å²) >= 11 is 0. The van der Waals surface area contributed by atoms with E-state index in [-0.39, 0.29) is 29.7 Å². The molecule has 2 aliphatic rings. The van der Waals surface area contributed by atoms with Gasteiger partial charge in [0.25, 0.3) is 0 Å². The molecular weight excluding hydrogens is 339 g/mol. The number of rotatable bonds is 4. The first-order chi connectivity index (χ1) is 12.5. The Bertz CT molecular complexity index is 643. The molecule has 2 heterocycles. The number of ether oxygens (including phenoxy) is 1. The monoisotopic (exact) mass is 364 g/mol. The summed E-state index contributed by atoms with van der Waals surface area (Å²) in [6, 6.07) is 5.21. The fraction of sp³-hybridized carbons (Fsp3) is 0.556. The number of amides is 2. The van der Waals surface area contributed by atoms with Crippen molar-refractivity contribution in [2.45, 2.75) is 19.0 Å². The lowest BCUT2D eigenvalue weighted by molar-refractivity contribution is -0.138. The van der Waals surface area contributed by atoms with E-state index in [0.717, 1.165) is 0 Å². The first kappa shape index (κ1) is 18.8. The van der Waals surface area contributed by atoms with Crippen LogP contribution in [0.5, 0.6) is 0 Å². The third-order valence-electron chi connectivity index (χ3n) is 4.87. The lowest BCUT2D eigenvalue weighted by Gasteiger charge is -2.39. The first-order valence-electron chi connectivity index (χ1n) is 8.95. The van der Waals surface area contributed by atoms with Gasteiger partial charge in [0.1, 0.15) is 11.9 Å². The molecule has 2 unspecified atom stereocenters. The number of piperazine rings is 1. The molecule has 2 amide bonds. The molecule has 2 saturated heterocycles. The Kier molecular flexibility index (Phi) is 6.18. The van der Waals surface area contributed by atoms with Crippen LogP contribution in [0, 0.1) is 5.82 Å². The van der Waals surface area contributed by atoms with Gasteiger partial charge in [0, 0.05) is 38.4 Å². The van der Waals surface area contributed by atoms with Gasteiger partial charge in [0.05, 0.1) is 19.3 Å². The summed E-state index contributed by atoms with van der Waals surface area (Å²) in [4.78, 5) is 28.7. The zero-order valence-electron chi connectivity index (χ0n) is 14.9. The van der Waals surface area contributed by atoms with Crippen molar-refractivity contribution in [1.82, 2.24) is 15.1 Å². The number of nitrogens with zero attached hydrogens (tertiary/aromatic N) is 2. The van der Waals surface area contributed by atoms with Crippen molar-refractivity contribution in [2.75, 3.05) is 51.3 Å². The molecule has 2 aliphatic heterocycles. The van der Waals surface area contributed by atoms with Gasteiger partial charge in [-0.05, 0) is 25.1 Å². The van der Waals surface area contributed by atoms with E-state index in [1.807, 2.05) is 16.7 Å². The predicted octanol–water partition coefficient (Wildman–Crippen LogP) is 0.285. The molecular formula is C18H25FN4O3. The van der Waals surface area contributed by atoms with Crippen LogP contribution in [0.4, 0.5) is 10.1 Å². The van der Waals surface area contributed by atoms with E-state index >= 15 is 0 Å². The fourth-order valence-electron chi connectivity index (χ4n) is 3.25. The highest BCUT2D eigenvalue weighted by molar-refractivity contribution is 5.94. The second-order valence-electron chi connectivity index (χ2n) is 6.62. The molecule has 2 N–H and O–H groups in total. The number of morpholine rings is 1. The van der Waals surface area contributed by atoms with Crippen molar-refractivity contribution >= 4 is 17.5 Å². The SMILES string of the molecule is CC(C(=O)Nc1cccc(F)c1)N1CCN(C(=O)C2COCCN2)CC1. The molecule has 0 radical (unpaired) electrons. The minimum absolute atomic E-state index is 0.0567. The number of carbonyl (C=O) groups excluding carboxylic acids is 2. The normalized spacial score (nSPS) is 22.7. The minimum atomic E-state index is -0.386. The van der Waals surface area contributed by atoms with E-state index < -0.39 is 0 Å². The quantitative estimate of drug-likeness (QED) is 0.803. The summed E-state index contributed by atoms with van der Waals surface area (Å²) in [6.45, 7) is 5.95. The van der Waals surface area contributed by atoms with E-state index in [4.69, 9.17) is 4.74 Å².